The van der Waals surface area contributed by atoms with Crippen LogP contribution in [0.25, 0.3) is 17.0 Å². The Bertz CT molecular complexity index is 1000. The Balaban J connectivity index is 1.63. The summed E-state index contributed by atoms with van der Waals surface area (Å²) in [7, 11) is 3.09. The fraction of sp³-hybridized carbons (Fsp3) is 0.143. The second-order valence-electron chi connectivity index (χ2n) is 5.72. The van der Waals surface area contributed by atoms with E-state index in [2.05, 4.69) is 4.98 Å². The summed E-state index contributed by atoms with van der Waals surface area (Å²) in [5.74, 6) is 0.335. The highest BCUT2D eigenvalue weighted by molar-refractivity contribution is 6.09. The van der Waals surface area contributed by atoms with Crippen LogP contribution in [0.4, 0.5) is 0 Å². The number of Topliss-reactive ketones (excluding diaryl/α,β-unsaturated/α-hetero) is 1. The van der Waals surface area contributed by atoms with Gasteiger partial charge in [0.15, 0.2) is 6.61 Å². The van der Waals surface area contributed by atoms with E-state index < -0.39 is 5.97 Å². The molecule has 138 valence electrons. The van der Waals surface area contributed by atoms with Crippen LogP contribution in [0.1, 0.15) is 15.9 Å². The van der Waals surface area contributed by atoms with Gasteiger partial charge >= 0.3 is 5.97 Å². The molecule has 27 heavy (non-hydrogen) atoms. The van der Waals surface area contributed by atoms with E-state index in [0.717, 1.165) is 10.9 Å². The Kier molecular flexibility index (Phi) is 5.56. The number of fused-ring (bicyclic) bond motifs is 1. The smallest absolute Gasteiger partial charge is 0.331 e. The zero-order chi connectivity index (χ0) is 19.2. The van der Waals surface area contributed by atoms with Crippen LogP contribution < -0.4 is 9.47 Å². The maximum Gasteiger partial charge on any atom is 0.331 e. The van der Waals surface area contributed by atoms with E-state index in [0.29, 0.717) is 22.6 Å². The summed E-state index contributed by atoms with van der Waals surface area (Å²) in [4.78, 5) is 27.3. The molecule has 0 amide bonds. The summed E-state index contributed by atoms with van der Waals surface area (Å²) < 4.78 is 15.5. The quantitative estimate of drug-likeness (QED) is 0.393. The number of esters is 1. The molecule has 0 saturated heterocycles. The number of hydrogen-bond donors (Lipinski definition) is 1. The second kappa shape index (κ2) is 8.23. The van der Waals surface area contributed by atoms with E-state index in [4.69, 9.17) is 14.2 Å². The van der Waals surface area contributed by atoms with Crippen LogP contribution in [0.5, 0.6) is 11.5 Å². The maximum atomic E-state index is 12.3. The maximum absolute atomic E-state index is 12.3. The zero-order valence-electron chi connectivity index (χ0n) is 15.0. The Labute approximate surface area is 156 Å². The molecule has 0 aliphatic heterocycles. The van der Waals surface area contributed by atoms with Gasteiger partial charge in [-0.05, 0) is 24.3 Å². The summed E-state index contributed by atoms with van der Waals surface area (Å²) in [5.41, 5.74) is 2.05. The molecule has 0 saturated carbocycles. The van der Waals surface area contributed by atoms with Gasteiger partial charge < -0.3 is 19.2 Å². The van der Waals surface area contributed by atoms with Gasteiger partial charge in [0.1, 0.15) is 11.5 Å². The number of benzene rings is 2. The van der Waals surface area contributed by atoms with E-state index in [1.807, 2.05) is 24.3 Å². The van der Waals surface area contributed by atoms with Crippen molar-refractivity contribution in [1.82, 2.24) is 4.98 Å². The van der Waals surface area contributed by atoms with Crippen molar-refractivity contribution < 1.29 is 23.8 Å². The number of hydrogen-bond acceptors (Lipinski definition) is 5. The monoisotopic (exact) mass is 365 g/mol. The lowest BCUT2D eigenvalue weighted by Crippen LogP contribution is -2.12. The minimum atomic E-state index is -0.610. The third-order valence-corrected chi connectivity index (χ3v) is 4.07. The Hall–Kier alpha value is -3.54. The lowest BCUT2D eigenvalue weighted by molar-refractivity contribution is -0.136. The number of ether oxygens (including phenoxy) is 3. The molecule has 0 spiro atoms. The SMILES string of the molecule is COc1ccc(/C=C/C(=O)OCC(=O)c2c[nH]c3ccccc23)c(OC)c1. The first-order valence-electron chi connectivity index (χ1n) is 8.28. The molecule has 0 radical (unpaired) electrons. The van der Waals surface area contributed by atoms with Crippen molar-refractivity contribution in [3.63, 3.8) is 0 Å². The van der Waals surface area contributed by atoms with Gasteiger partial charge in [-0.1, -0.05) is 18.2 Å². The molecule has 2 aromatic carbocycles. The van der Waals surface area contributed by atoms with Gasteiger partial charge in [0, 0.05) is 40.4 Å². The van der Waals surface area contributed by atoms with E-state index >= 15 is 0 Å². The largest absolute Gasteiger partial charge is 0.497 e. The van der Waals surface area contributed by atoms with Crippen LogP contribution in [0.15, 0.2) is 54.7 Å². The molecule has 0 aliphatic rings. The molecule has 3 rings (SSSR count). The minimum Gasteiger partial charge on any atom is -0.497 e. The third-order valence-electron chi connectivity index (χ3n) is 4.07. The van der Waals surface area contributed by atoms with Gasteiger partial charge in [0.2, 0.25) is 5.78 Å². The molecule has 1 heterocycles. The second-order valence-corrected chi connectivity index (χ2v) is 5.72. The average Bonchev–Trinajstić information content (AvgIpc) is 3.14. The van der Waals surface area contributed by atoms with Crippen molar-refractivity contribution in [2.24, 2.45) is 0 Å². The number of para-hydroxylation sites is 1. The van der Waals surface area contributed by atoms with Crippen molar-refractivity contribution in [2.75, 3.05) is 20.8 Å². The minimum absolute atomic E-state index is 0.267. The summed E-state index contributed by atoms with van der Waals surface area (Å²) in [6, 6.07) is 12.7. The number of methoxy groups -OCH3 is 2. The predicted octanol–water partition coefficient (Wildman–Crippen LogP) is 3.62. The molecule has 3 aromatic rings. The van der Waals surface area contributed by atoms with Crippen molar-refractivity contribution in [3.05, 3.63) is 65.9 Å². The number of aromatic nitrogens is 1. The number of rotatable bonds is 7. The normalized spacial score (nSPS) is 10.9. The molecule has 1 aromatic heterocycles. The highest BCUT2D eigenvalue weighted by Crippen LogP contribution is 2.25. The molecule has 6 nitrogen and oxygen atoms in total. The Morgan fingerprint density at radius 2 is 1.89 bits per heavy atom. The van der Waals surface area contributed by atoms with Gasteiger partial charge in [-0.2, -0.15) is 0 Å². The van der Waals surface area contributed by atoms with Crippen LogP contribution in [0.2, 0.25) is 0 Å². The molecule has 0 unspecified atom stereocenters. The van der Waals surface area contributed by atoms with Gasteiger partial charge in [-0.3, -0.25) is 4.79 Å². The summed E-state index contributed by atoms with van der Waals surface area (Å²) in [6.07, 6.45) is 4.45. The van der Waals surface area contributed by atoms with Crippen molar-refractivity contribution >= 4 is 28.7 Å². The Morgan fingerprint density at radius 3 is 2.67 bits per heavy atom. The number of nitrogens with one attached hydrogen (secondary N) is 1. The molecule has 1 N–H and O–H groups in total. The third kappa shape index (κ3) is 4.17. The van der Waals surface area contributed by atoms with E-state index in [1.165, 1.54) is 13.2 Å². The van der Waals surface area contributed by atoms with E-state index in [1.54, 1.807) is 37.6 Å². The zero-order valence-corrected chi connectivity index (χ0v) is 15.0. The van der Waals surface area contributed by atoms with Gasteiger partial charge in [0.05, 0.1) is 14.2 Å². The van der Waals surface area contributed by atoms with Crippen molar-refractivity contribution in [1.29, 1.82) is 0 Å². The van der Waals surface area contributed by atoms with E-state index in [9.17, 15) is 9.59 Å². The molecule has 6 heteroatoms. The Morgan fingerprint density at radius 1 is 1.07 bits per heavy atom. The number of ketones is 1. The standard InChI is InChI=1S/C21H19NO5/c1-25-15-9-7-14(20(11-15)26-2)8-10-21(24)27-13-19(23)17-12-22-18-6-4-3-5-16(17)18/h3-12,22H,13H2,1-2H3/b10-8+. The first-order chi connectivity index (χ1) is 13.1. The van der Waals surface area contributed by atoms with Gasteiger partial charge in [-0.25, -0.2) is 4.79 Å². The average molecular weight is 365 g/mol. The molecule has 0 aliphatic carbocycles. The lowest BCUT2D eigenvalue weighted by atomic mass is 10.1. The van der Waals surface area contributed by atoms with Crippen LogP contribution >= 0.6 is 0 Å². The first-order valence-corrected chi connectivity index (χ1v) is 8.28. The topological polar surface area (TPSA) is 77.6 Å². The number of aromatic amines is 1. The molecule has 0 atom stereocenters. The predicted molar refractivity (Wildman–Crippen MR) is 102 cm³/mol. The molecular weight excluding hydrogens is 346 g/mol. The van der Waals surface area contributed by atoms with E-state index in [-0.39, 0.29) is 12.4 Å². The fourth-order valence-corrected chi connectivity index (χ4v) is 2.68. The van der Waals surface area contributed by atoms with Crippen LogP contribution in [0.3, 0.4) is 0 Å². The number of carbonyl (C=O) groups is 2. The van der Waals surface area contributed by atoms with Crippen molar-refractivity contribution in [2.45, 2.75) is 0 Å². The summed E-state index contributed by atoms with van der Waals surface area (Å²) in [6.45, 7) is -0.329. The number of H-pyrrole nitrogens is 1. The van der Waals surface area contributed by atoms with Gasteiger partial charge in [0.25, 0.3) is 0 Å². The van der Waals surface area contributed by atoms with Crippen molar-refractivity contribution in [3.8, 4) is 11.5 Å². The number of carbonyl (C=O) groups excluding carboxylic acids is 2. The first kappa shape index (κ1) is 18.3. The highest BCUT2D eigenvalue weighted by atomic mass is 16.5. The van der Waals surface area contributed by atoms with Crippen LogP contribution in [0, 0.1) is 0 Å². The van der Waals surface area contributed by atoms with Crippen LogP contribution in [-0.4, -0.2) is 37.6 Å². The van der Waals surface area contributed by atoms with Gasteiger partial charge in [-0.15, -0.1) is 0 Å². The molecular formula is C21H19NO5. The van der Waals surface area contributed by atoms with Crippen LogP contribution in [-0.2, 0) is 9.53 Å². The highest BCUT2D eigenvalue weighted by Gasteiger charge is 2.13. The summed E-state index contributed by atoms with van der Waals surface area (Å²) in [5, 5.41) is 0.803. The molecule has 0 bridgehead atoms. The fourth-order valence-electron chi connectivity index (χ4n) is 2.68. The lowest BCUT2D eigenvalue weighted by Gasteiger charge is -2.07. The molecule has 0 fully saturated rings. The summed E-state index contributed by atoms with van der Waals surface area (Å²) >= 11 is 0.